The third-order valence-electron chi connectivity index (χ3n) is 4.31. The van der Waals surface area contributed by atoms with Crippen molar-refractivity contribution in [3.05, 3.63) is 57.6 Å². The fourth-order valence-corrected chi connectivity index (χ4v) is 3.28. The van der Waals surface area contributed by atoms with Crippen LogP contribution in [-0.4, -0.2) is 31.4 Å². The van der Waals surface area contributed by atoms with E-state index < -0.39 is 23.4 Å². The molecule has 2 N–H and O–H groups in total. The summed E-state index contributed by atoms with van der Waals surface area (Å²) >= 11 is 11.6. The van der Waals surface area contributed by atoms with Gasteiger partial charge in [-0.25, -0.2) is 8.78 Å². The predicted molar refractivity (Wildman–Crippen MR) is 105 cm³/mol. The molecule has 0 aliphatic carbocycles. The monoisotopic (exact) mass is 427 g/mol. The SMILES string of the molecule is O=C(CNC(=O)c1ccc(Cl)c(Cl)c1)Nc1cc(F)c(N2CCCC2)c(F)c1. The Morgan fingerprint density at radius 2 is 1.64 bits per heavy atom. The van der Waals surface area contributed by atoms with Crippen molar-refractivity contribution >= 4 is 46.4 Å². The van der Waals surface area contributed by atoms with Gasteiger partial charge in [0.05, 0.1) is 16.6 Å². The Morgan fingerprint density at radius 1 is 1.00 bits per heavy atom. The van der Waals surface area contributed by atoms with Crippen molar-refractivity contribution in [1.82, 2.24) is 5.32 Å². The van der Waals surface area contributed by atoms with Gasteiger partial charge in [0.15, 0.2) is 11.6 Å². The lowest BCUT2D eigenvalue weighted by molar-refractivity contribution is -0.115. The zero-order valence-electron chi connectivity index (χ0n) is 14.7. The number of anilines is 2. The molecule has 5 nitrogen and oxygen atoms in total. The number of carbonyl (C=O) groups is 2. The maximum atomic E-state index is 14.3. The van der Waals surface area contributed by atoms with Crippen LogP contribution in [0, 0.1) is 11.6 Å². The highest BCUT2D eigenvalue weighted by Gasteiger charge is 2.21. The molecule has 0 atom stereocenters. The van der Waals surface area contributed by atoms with Crippen LogP contribution in [0.4, 0.5) is 20.2 Å². The number of halogens is 4. The van der Waals surface area contributed by atoms with E-state index in [1.807, 2.05) is 0 Å². The minimum absolute atomic E-state index is 0.0215. The maximum absolute atomic E-state index is 14.3. The Morgan fingerprint density at radius 3 is 2.25 bits per heavy atom. The second kappa shape index (κ2) is 8.75. The number of nitrogens with zero attached hydrogens (tertiary/aromatic N) is 1. The van der Waals surface area contributed by atoms with Crippen LogP contribution in [0.5, 0.6) is 0 Å². The first kappa shape index (κ1) is 20.4. The summed E-state index contributed by atoms with van der Waals surface area (Å²) in [5, 5.41) is 5.29. The zero-order chi connectivity index (χ0) is 20.3. The summed E-state index contributed by atoms with van der Waals surface area (Å²) in [6, 6.07) is 6.43. The average molecular weight is 428 g/mol. The van der Waals surface area contributed by atoms with E-state index in [-0.39, 0.29) is 28.5 Å². The highest BCUT2D eigenvalue weighted by Crippen LogP contribution is 2.29. The van der Waals surface area contributed by atoms with E-state index in [2.05, 4.69) is 10.6 Å². The summed E-state index contributed by atoms with van der Waals surface area (Å²) in [4.78, 5) is 25.7. The summed E-state index contributed by atoms with van der Waals surface area (Å²) in [5.74, 6) is -2.63. The lowest BCUT2D eigenvalue weighted by Crippen LogP contribution is -2.33. The molecule has 1 saturated heterocycles. The maximum Gasteiger partial charge on any atom is 0.251 e. The number of amides is 2. The van der Waals surface area contributed by atoms with Crippen LogP contribution in [0.1, 0.15) is 23.2 Å². The minimum atomic E-state index is -0.739. The van der Waals surface area contributed by atoms with Crippen LogP contribution in [0.2, 0.25) is 10.0 Å². The number of nitrogens with one attached hydrogen (secondary N) is 2. The first-order valence-corrected chi connectivity index (χ1v) is 9.38. The van der Waals surface area contributed by atoms with Crippen LogP contribution in [0.3, 0.4) is 0 Å². The second-order valence-electron chi connectivity index (χ2n) is 6.34. The molecular formula is C19H17Cl2F2N3O2. The van der Waals surface area contributed by atoms with Crippen LogP contribution < -0.4 is 15.5 Å². The first-order chi connectivity index (χ1) is 13.3. The average Bonchev–Trinajstić information content (AvgIpc) is 3.15. The van der Waals surface area contributed by atoms with Crippen molar-refractivity contribution in [3.63, 3.8) is 0 Å². The van der Waals surface area contributed by atoms with Gasteiger partial charge in [-0.05, 0) is 43.2 Å². The Kier molecular flexibility index (Phi) is 6.36. The molecule has 0 spiro atoms. The van der Waals surface area contributed by atoms with Crippen molar-refractivity contribution in [3.8, 4) is 0 Å². The topological polar surface area (TPSA) is 61.4 Å². The van der Waals surface area contributed by atoms with E-state index in [4.69, 9.17) is 23.2 Å². The molecule has 3 rings (SSSR count). The minimum Gasteiger partial charge on any atom is -0.367 e. The van der Waals surface area contributed by atoms with Crippen molar-refractivity contribution in [2.75, 3.05) is 29.9 Å². The highest BCUT2D eigenvalue weighted by molar-refractivity contribution is 6.42. The van der Waals surface area contributed by atoms with E-state index in [1.54, 1.807) is 4.90 Å². The molecule has 0 unspecified atom stereocenters. The lowest BCUT2D eigenvalue weighted by atomic mass is 10.2. The number of hydrogen-bond acceptors (Lipinski definition) is 3. The molecule has 2 aromatic carbocycles. The third kappa shape index (κ3) is 4.72. The molecule has 148 valence electrons. The molecule has 0 saturated carbocycles. The first-order valence-electron chi connectivity index (χ1n) is 8.62. The quantitative estimate of drug-likeness (QED) is 0.749. The zero-order valence-corrected chi connectivity index (χ0v) is 16.2. The molecule has 0 bridgehead atoms. The van der Waals surface area contributed by atoms with Crippen LogP contribution in [0.25, 0.3) is 0 Å². The Balaban J connectivity index is 1.60. The molecule has 9 heteroatoms. The van der Waals surface area contributed by atoms with Crippen LogP contribution in [-0.2, 0) is 4.79 Å². The molecule has 1 aliphatic rings. The Bertz CT molecular complexity index is 895. The van der Waals surface area contributed by atoms with Gasteiger partial charge in [0.25, 0.3) is 5.91 Å². The van der Waals surface area contributed by atoms with Crippen LogP contribution >= 0.6 is 23.2 Å². The summed E-state index contributed by atoms with van der Waals surface area (Å²) in [6.45, 7) is 0.816. The Hall–Kier alpha value is -2.38. The molecule has 1 aliphatic heterocycles. The second-order valence-corrected chi connectivity index (χ2v) is 7.16. The van der Waals surface area contributed by atoms with Crippen molar-refractivity contribution < 1.29 is 18.4 Å². The normalized spacial score (nSPS) is 13.5. The number of carbonyl (C=O) groups excluding carboxylic acids is 2. The van der Waals surface area contributed by atoms with Gasteiger partial charge < -0.3 is 15.5 Å². The summed E-state index contributed by atoms with van der Waals surface area (Å²) in [6.07, 6.45) is 1.77. The summed E-state index contributed by atoms with van der Waals surface area (Å²) in [7, 11) is 0. The van der Waals surface area contributed by atoms with Crippen molar-refractivity contribution in [2.45, 2.75) is 12.8 Å². The van der Waals surface area contributed by atoms with Crippen LogP contribution in [0.15, 0.2) is 30.3 Å². The molecule has 2 amide bonds. The lowest BCUT2D eigenvalue weighted by Gasteiger charge is -2.19. The molecule has 0 aromatic heterocycles. The highest BCUT2D eigenvalue weighted by atomic mass is 35.5. The van der Waals surface area contributed by atoms with Gasteiger partial charge in [0, 0.05) is 24.3 Å². The van der Waals surface area contributed by atoms with Gasteiger partial charge in [-0.15, -0.1) is 0 Å². The third-order valence-corrected chi connectivity index (χ3v) is 5.05. The number of benzene rings is 2. The number of rotatable bonds is 5. The fourth-order valence-electron chi connectivity index (χ4n) is 2.99. The number of hydrogen-bond donors (Lipinski definition) is 2. The molecule has 1 fully saturated rings. The van der Waals surface area contributed by atoms with Crippen molar-refractivity contribution in [2.24, 2.45) is 0 Å². The van der Waals surface area contributed by atoms with Gasteiger partial charge in [0.1, 0.15) is 5.69 Å². The van der Waals surface area contributed by atoms with Crippen molar-refractivity contribution in [1.29, 1.82) is 0 Å². The van der Waals surface area contributed by atoms with Gasteiger partial charge in [-0.1, -0.05) is 23.2 Å². The van der Waals surface area contributed by atoms with E-state index in [0.29, 0.717) is 18.1 Å². The summed E-state index contributed by atoms with van der Waals surface area (Å²) < 4.78 is 28.6. The summed E-state index contributed by atoms with van der Waals surface area (Å²) in [5.41, 5.74) is 0.129. The molecule has 2 aromatic rings. The molecular weight excluding hydrogens is 411 g/mol. The Labute approximate surface area is 170 Å². The van der Waals surface area contributed by atoms with E-state index in [0.717, 1.165) is 25.0 Å². The molecule has 28 heavy (non-hydrogen) atoms. The van der Waals surface area contributed by atoms with E-state index in [9.17, 15) is 18.4 Å². The molecule has 1 heterocycles. The van der Waals surface area contributed by atoms with E-state index in [1.165, 1.54) is 18.2 Å². The molecule has 0 radical (unpaired) electrons. The van der Waals surface area contributed by atoms with Gasteiger partial charge in [-0.3, -0.25) is 9.59 Å². The van der Waals surface area contributed by atoms with E-state index >= 15 is 0 Å². The standard InChI is InChI=1S/C19H17Cl2F2N3O2/c20-13-4-3-11(7-14(13)21)19(28)24-10-17(27)25-12-8-15(22)18(16(23)9-12)26-5-1-2-6-26/h3-4,7-9H,1-2,5-6,10H2,(H,24,28)(H,25,27). The fraction of sp³-hybridized carbons (Fsp3) is 0.263. The smallest absolute Gasteiger partial charge is 0.251 e. The predicted octanol–water partition coefficient (Wildman–Crippen LogP) is 4.24. The van der Waals surface area contributed by atoms with Gasteiger partial charge >= 0.3 is 0 Å². The van der Waals surface area contributed by atoms with Gasteiger partial charge in [0.2, 0.25) is 5.91 Å². The van der Waals surface area contributed by atoms with Gasteiger partial charge in [-0.2, -0.15) is 0 Å². The largest absolute Gasteiger partial charge is 0.367 e.